The minimum absolute atomic E-state index is 0.0732. The molecular formula is C35H35N3O3. The second kappa shape index (κ2) is 10.6. The third-order valence-electron chi connectivity index (χ3n) is 8.24. The molecule has 6 nitrogen and oxygen atoms in total. The number of aromatic nitrogens is 2. The monoisotopic (exact) mass is 545 g/mol. The largest absolute Gasteiger partial charge is 0.488 e. The van der Waals surface area contributed by atoms with Crippen molar-refractivity contribution >= 4 is 27.4 Å². The summed E-state index contributed by atoms with van der Waals surface area (Å²) >= 11 is 0. The van der Waals surface area contributed by atoms with Crippen LogP contribution in [0.3, 0.4) is 0 Å². The van der Waals surface area contributed by atoms with Crippen molar-refractivity contribution in [3.05, 3.63) is 106 Å². The normalized spacial score (nSPS) is 19.5. The van der Waals surface area contributed by atoms with Gasteiger partial charge in [0.15, 0.2) is 0 Å². The van der Waals surface area contributed by atoms with E-state index in [1.165, 1.54) is 0 Å². The molecule has 0 amide bonds. The van der Waals surface area contributed by atoms with Gasteiger partial charge in [-0.1, -0.05) is 49.4 Å². The number of nitrogens with zero attached hydrogens (tertiary/aromatic N) is 3. The van der Waals surface area contributed by atoms with Gasteiger partial charge in [0.05, 0.1) is 41.4 Å². The van der Waals surface area contributed by atoms with Crippen LogP contribution in [0, 0.1) is 17.2 Å². The Kier molecular flexibility index (Phi) is 6.93. The third kappa shape index (κ3) is 5.03. The van der Waals surface area contributed by atoms with Gasteiger partial charge in [-0.15, -0.1) is 0 Å². The van der Waals surface area contributed by atoms with Gasteiger partial charge in [-0.25, -0.2) is 4.79 Å². The number of rotatable bonds is 5. The first-order chi connectivity index (χ1) is 19.7. The molecule has 2 heterocycles. The van der Waals surface area contributed by atoms with Crippen LogP contribution in [-0.2, 0) is 21.9 Å². The number of hydrogen-bond donors (Lipinski definition) is 0. The molecule has 0 spiro atoms. The standard InChI is InChI=1S/C35H35N3O3/c1-23-6-5-7-29(41-30-16-17-40-21-30)19-26(18-23)25-9-8-24-10-15-32-33(31(24)20-25)38(34(39)37(32)4)28-13-11-27(12-14-28)35(2,3)22-36/h5,7-15,18-20,23,30H,6,16-17,21H2,1-4H3. The van der Waals surface area contributed by atoms with Crippen LogP contribution in [0.5, 0.6) is 0 Å². The summed E-state index contributed by atoms with van der Waals surface area (Å²) in [4.78, 5) is 13.6. The molecule has 0 radical (unpaired) electrons. The van der Waals surface area contributed by atoms with Gasteiger partial charge in [0.25, 0.3) is 0 Å². The van der Waals surface area contributed by atoms with Crippen LogP contribution in [0.15, 0.2) is 89.5 Å². The van der Waals surface area contributed by atoms with Crippen molar-refractivity contribution in [1.29, 1.82) is 5.26 Å². The maximum absolute atomic E-state index is 13.6. The maximum atomic E-state index is 13.6. The van der Waals surface area contributed by atoms with Gasteiger partial charge < -0.3 is 9.47 Å². The van der Waals surface area contributed by atoms with E-state index < -0.39 is 5.41 Å². The van der Waals surface area contributed by atoms with Crippen LogP contribution in [-0.4, -0.2) is 28.5 Å². The predicted octanol–water partition coefficient (Wildman–Crippen LogP) is 6.95. The highest BCUT2D eigenvalue weighted by Gasteiger charge is 2.22. The van der Waals surface area contributed by atoms with Crippen LogP contribution in [0.25, 0.3) is 33.1 Å². The molecule has 1 aromatic heterocycles. The summed E-state index contributed by atoms with van der Waals surface area (Å²) < 4.78 is 15.3. The van der Waals surface area contributed by atoms with Gasteiger partial charge in [-0.05, 0) is 84.7 Å². The maximum Gasteiger partial charge on any atom is 0.333 e. The highest BCUT2D eigenvalue weighted by Crippen LogP contribution is 2.33. The number of aryl methyl sites for hydroxylation is 1. The Morgan fingerprint density at radius 3 is 2.61 bits per heavy atom. The first-order valence-corrected chi connectivity index (χ1v) is 14.3. The fraction of sp³-hybridized carbons (Fsp3) is 0.314. The van der Waals surface area contributed by atoms with Crippen LogP contribution in [0.4, 0.5) is 0 Å². The van der Waals surface area contributed by atoms with E-state index in [1.807, 2.05) is 51.2 Å². The molecule has 6 rings (SSSR count). The number of fused-ring (bicyclic) bond motifs is 3. The van der Waals surface area contributed by atoms with E-state index in [1.54, 1.807) is 9.13 Å². The van der Waals surface area contributed by atoms with Crippen LogP contribution >= 0.6 is 0 Å². The summed E-state index contributed by atoms with van der Waals surface area (Å²) in [7, 11) is 1.81. The zero-order valence-corrected chi connectivity index (χ0v) is 24.1. The van der Waals surface area contributed by atoms with Gasteiger partial charge in [-0.2, -0.15) is 5.26 Å². The number of imidazole rings is 1. The summed E-state index contributed by atoms with van der Waals surface area (Å²) in [5.41, 5.74) is 4.88. The summed E-state index contributed by atoms with van der Waals surface area (Å²) in [6, 6.07) is 20.7. The zero-order chi connectivity index (χ0) is 28.7. The molecule has 208 valence electrons. The SMILES string of the molecule is CC1C=C(c2ccc3ccc4c(c3c2)n(-c2ccc(C(C)(C)C#N)cc2)c(=O)n4C)C=C(OC2CCOC2)C=CC1. The summed E-state index contributed by atoms with van der Waals surface area (Å²) in [5.74, 6) is 1.21. The van der Waals surface area contributed by atoms with Crippen molar-refractivity contribution in [3.63, 3.8) is 0 Å². The first kappa shape index (κ1) is 26.9. The smallest absolute Gasteiger partial charge is 0.333 e. The molecule has 1 fully saturated rings. The molecular weight excluding hydrogens is 510 g/mol. The molecule has 2 aliphatic rings. The van der Waals surface area contributed by atoms with E-state index in [0.717, 1.165) is 69.4 Å². The summed E-state index contributed by atoms with van der Waals surface area (Å²) in [6.07, 6.45) is 10.6. The van der Waals surface area contributed by atoms with Crippen molar-refractivity contribution in [2.75, 3.05) is 13.2 Å². The lowest BCUT2D eigenvalue weighted by molar-refractivity contribution is 0.0981. The predicted molar refractivity (Wildman–Crippen MR) is 164 cm³/mol. The Hall–Kier alpha value is -4.34. The summed E-state index contributed by atoms with van der Waals surface area (Å²) in [5, 5.41) is 11.6. The molecule has 6 heteroatoms. The second-order valence-corrected chi connectivity index (χ2v) is 11.7. The van der Waals surface area contributed by atoms with E-state index in [0.29, 0.717) is 12.5 Å². The molecule has 0 bridgehead atoms. The number of ether oxygens (including phenoxy) is 2. The molecule has 2 atom stereocenters. The number of nitriles is 1. The minimum Gasteiger partial charge on any atom is -0.488 e. The topological polar surface area (TPSA) is 69.2 Å². The number of benzene rings is 3. The van der Waals surface area contributed by atoms with Gasteiger partial charge in [0, 0.05) is 18.9 Å². The molecule has 0 N–H and O–H groups in total. The molecule has 1 aliphatic carbocycles. The molecule has 1 aliphatic heterocycles. The molecule has 0 saturated carbocycles. The van der Waals surface area contributed by atoms with Crippen LogP contribution in [0.2, 0.25) is 0 Å². The van der Waals surface area contributed by atoms with E-state index in [9.17, 15) is 10.1 Å². The van der Waals surface area contributed by atoms with Crippen molar-refractivity contribution in [2.45, 2.75) is 45.1 Å². The van der Waals surface area contributed by atoms with E-state index >= 15 is 0 Å². The Balaban J connectivity index is 1.51. The van der Waals surface area contributed by atoms with Gasteiger partial charge in [0.2, 0.25) is 0 Å². The van der Waals surface area contributed by atoms with Crippen LogP contribution < -0.4 is 5.69 Å². The summed E-state index contributed by atoms with van der Waals surface area (Å²) in [6.45, 7) is 7.37. The Morgan fingerprint density at radius 1 is 1.10 bits per heavy atom. The average molecular weight is 546 g/mol. The highest BCUT2D eigenvalue weighted by atomic mass is 16.5. The lowest BCUT2D eigenvalue weighted by atomic mass is 9.86. The van der Waals surface area contributed by atoms with Gasteiger partial charge in [0.1, 0.15) is 11.9 Å². The van der Waals surface area contributed by atoms with Crippen LogP contribution in [0.1, 0.15) is 44.7 Å². The Morgan fingerprint density at radius 2 is 1.88 bits per heavy atom. The average Bonchev–Trinajstić information content (AvgIpc) is 3.57. The lowest BCUT2D eigenvalue weighted by Crippen LogP contribution is -2.21. The van der Waals surface area contributed by atoms with Crippen molar-refractivity contribution in [3.8, 4) is 11.8 Å². The zero-order valence-electron chi connectivity index (χ0n) is 24.1. The van der Waals surface area contributed by atoms with E-state index in [4.69, 9.17) is 9.47 Å². The van der Waals surface area contributed by atoms with Crippen molar-refractivity contribution in [2.24, 2.45) is 13.0 Å². The molecule has 3 aromatic carbocycles. The minimum atomic E-state index is -0.609. The third-order valence-corrected chi connectivity index (χ3v) is 8.24. The van der Waals surface area contributed by atoms with Crippen molar-refractivity contribution in [1.82, 2.24) is 9.13 Å². The van der Waals surface area contributed by atoms with Gasteiger partial charge >= 0.3 is 5.69 Å². The molecule has 2 unspecified atom stereocenters. The molecule has 1 saturated heterocycles. The molecule has 41 heavy (non-hydrogen) atoms. The first-order valence-electron chi connectivity index (χ1n) is 14.3. The number of allylic oxidation sites excluding steroid dienone is 5. The van der Waals surface area contributed by atoms with E-state index in [2.05, 4.69) is 61.6 Å². The van der Waals surface area contributed by atoms with Crippen molar-refractivity contribution < 1.29 is 9.47 Å². The molecule has 4 aromatic rings. The quantitative estimate of drug-likeness (QED) is 0.272. The lowest BCUT2D eigenvalue weighted by Gasteiger charge is -2.17. The second-order valence-electron chi connectivity index (χ2n) is 11.7. The highest BCUT2D eigenvalue weighted by molar-refractivity contribution is 6.06. The van der Waals surface area contributed by atoms with Gasteiger partial charge in [-0.3, -0.25) is 9.13 Å². The fourth-order valence-corrected chi connectivity index (χ4v) is 5.73. The number of hydrogen-bond acceptors (Lipinski definition) is 4. The Labute approximate surface area is 240 Å². The van der Waals surface area contributed by atoms with E-state index in [-0.39, 0.29) is 11.8 Å². The fourth-order valence-electron chi connectivity index (χ4n) is 5.73. The Bertz CT molecular complexity index is 1820.